The van der Waals surface area contributed by atoms with E-state index in [1.54, 1.807) is 0 Å². The van der Waals surface area contributed by atoms with Gasteiger partial charge in [0.15, 0.2) is 0 Å². The molecule has 1 atom stereocenters. The Morgan fingerprint density at radius 2 is 1.92 bits per heavy atom. The van der Waals surface area contributed by atoms with Crippen LogP contribution in [0.2, 0.25) is 0 Å². The fourth-order valence-corrected chi connectivity index (χ4v) is 0.971. The van der Waals surface area contributed by atoms with Crippen molar-refractivity contribution in [2.75, 3.05) is 0 Å². The first-order chi connectivity index (χ1) is 5.45. The summed E-state index contributed by atoms with van der Waals surface area (Å²) in [4.78, 5) is 0. The van der Waals surface area contributed by atoms with E-state index in [1.807, 2.05) is 6.08 Å². The van der Waals surface area contributed by atoms with Crippen LogP contribution in [0.5, 0.6) is 0 Å². The molecule has 1 unspecified atom stereocenters. The summed E-state index contributed by atoms with van der Waals surface area (Å²) >= 11 is 0. The summed E-state index contributed by atoms with van der Waals surface area (Å²) in [6.07, 6.45) is 6.71. The lowest BCUT2D eigenvalue weighted by Gasteiger charge is -2.14. The van der Waals surface area contributed by atoms with Crippen LogP contribution in [-0.2, 0) is 0 Å². The summed E-state index contributed by atoms with van der Waals surface area (Å²) in [7, 11) is 0. The average Bonchev–Trinajstić information content (AvgIpc) is 1.84. The summed E-state index contributed by atoms with van der Waals surface area (Å²) < 4.78 is 0. The van der Waals surface area contributed by atoms with Crippen LogP contribution in [0.25, 0.3) is 0 Å². The molecule has 0 aliphatic heterocycles. The molecule has 0 aromatic heterocycles. The van der Waals surface area contributed by atoms with Gasteiger partial charge in [0.25, 0.3) is 0 Å². The van der Waals surface area contributed by atoms with Crippen molar-refractivity contribution >= 4 is 0 Å². The van der Waals surface area contributed by atoms with Gasteiger partial charge in [-0.2, -0.15) is 0 Å². The minimum Gasteiger partial charge on any atom is -0.389 e. The van der Waals surface area contributed by atoms with E-state index in [0.717, 1.165) is 19.3 Å². The Hall–Kier alpha value is -0.300. The molecule has 0 fully saturated rings. The average molecular weight is 170 g/mol. The molecule has 0 radical (unpaired) electrons. The number of aliphatic hydroxyl groups is 1. The van der Waals surface area contributed by atoms with Crippen molar-refractivity contribution in [3.8, 4) is 0 Å². The second kappa shape index (κ2) is 5.36. The Morgan fingerprint density at radius 1 is 1.33 bits per heavy atom. The molecule has 0 aliphatic carbocycles. The zero-order chi connectivity index (χ0) is 9.61. The van der Waals surface area contributed by atoms with Gasteiger partial charge in [-0.3, -0.25) is 0 Å². The number of hydrogen-bond donors (Lipinski definition) is 1. The first-order valence-corrected chi connectivity index (χ1v) is 4.80. The molecular weight excluding hydrogens is 148 g/mol. The zero-order valence-electron chi connectivity index (χ0n) is 8.80. The number of allylic oxidation sites excluding steroid dienone is 1. The topological polar surface area (TPSA) is 20.2 Å². The van der Waals surface area contributed by atoms with Gasteiger partial charge < -0.3 is 5.11 Å². The number of hydrogen-bond acceptors (Lipinski definition) is 1. The lowest BCUT2D eigenvalue weighted by Crippen LogP contribution is -2.04. The molecule has 0 aliphatic rings. The van der Waals surface area contributed by atoms with Gasteiger partial charge in [0, 0.05) is 0 Å². The molecule has 72 valence electrons. The maximum atomic E-state index is 9.36. The van der Waals surface area contributed by atoms with Crippen LogP contribution >= 0.6 is 0 Å². The fourth-order valence-electron chi connectivity index (χ4n) is 0.971. The normalized spacial score (nSPS) is 15.4. The lowest BCUT2D eigenvalue weighted by molar-refractivity contribution is 0.211. The predicted molar refractivity (Wildman–Crippen MR) is 54.1 cm³/mol. The van der Waals surface area contributed by atoms with E-state index in [1.165, 1.54) is 0 Å². The van der Waals surface area contributed by atoms with Gasteiger partial charge in [-0.25, -0.2) is 0 Å². The van der Waals surface area contributed by atoms with Crippen molar-refractivity contribution < 1.29 is 5.11 Å². The molecule has 0 spiro atoms. The predicted octanol–water partition coefficient (Wildman–Crippen LogP) is 3.14. The van der Waals surface area contributed by atoms with Crippen LogP contribution in [-0.4, -0.2) is 11.2 Å². The molecule has 0 aromatic rings. The molecule has 0 rings (SSSR count). The minimum atomic E-state index is -0.239. The van der Waals surface area contributed by atoms with Gasteiger partial charge in [-0.05, 0) is 18.3 Å². The highest BCUT2D eigenvalue weighted by Gasteiger charge is 2.06. The highest BCUT2D eigenvalue weighted by atomic mass is 16.3. The standard InChI is InChI=1S/C11H22O/c1-5-7-10(12)8-6-9-11(2,3)4/h6,8,10,12H,5,7,9H2,1-4H3/b8-6+. The molecule has 0 bridgehead atoms. The third-order valence-electron chi connectivity index (χ3n) is 1.67. The van der Waals surface area contributed by atoms with Crippen LogP contribution in [0, 0.1) is 5.41 Å². The van der Waals surface area contributed by atoms with Crippen molar-refractivity contribution in [1.29, 1.82) is 0 Å². The van der Waals surface area contributed by atoms with E-state index >= 15 is 0 Å². The highest BCUT2D eigenvalue weighted by molar-refractivity contribution is 4.90. The third kappa shape index (κ3) is 7.80. The van der Waals surface area contributed by atoms with Crippen LogP contribution in [0.15, 0.2) is 12.2 Å². The van der Waals surface area contributed by atoms with Crippen molar-refractivity contribution in [2.45, 2.75) is 53.1 Å². The highest BCUT2D eigenvalue weighted by Crippen LogP contribution is 2.18. The Kier molecular flexibility index (Phi) is 5.23. The van der Waals surface area contributed by atoms with E-state index in [-0.39, 0.29) is 6.10 Å². The Morgan fingerprint density at radius 3 is 2.33 bits per heavy atom. The van der Waals surface area contributed by atoms with Crippen LogP contribution in [0.3, 0.4) is 0 Å². The van der Waals surface area contributed by atoms with Gasteiger partial charge in [0.1, 0.15) is 0 Å². The molecule has 0 amide bonds. The van der Waals surface area contributed by atoms with E-state index in [9.17, 15) is 5.11 Å². The molecule has 0 aromatic carbocycles. The van der Waals surface area contributed by atoms with Crippen molar-refractivity contribution in [3.05, 3.63) is 12.2 Å². The van der Waals surface area contributed by atoms with Gasteiger partial charge >= 0.3 is 0 Å². The third-order valence-corrected chi connectivity index (χ3v) is 1.67. The first-order valence-electron chi connectivity index (χ1n) is 4.80. The zero-order valence-corrected chi connectivity index (χ0v) is 8.80. The fraction of sp³-hybridized carbons (Fsp3) is 0.818. The molecule has 1 nitrogen and oxygen atoms in total. The molecule has 0 saturated carbocycles. The molecule has 0 saturated heterocycles. The largest absolute Gasteiger partial charge is 0.389 e. The second-order valence-corrected chi connectivity index (χ2v) is 4.55. The maximum absolute atomic E-state index is 9.36. The van der Waals surface area contributed by atoms with Crippen LogP contribution in [0.1, 0.15) is 47.0 Å². The van der Waals surface area contributed by atoms with Crippen LogP contribution < -0.4 is 0 Å². The molecule has 12 heavy (non-hydrogen) atoms. The van der Waals surface area contributed by atoms with E-state index < -0.39 is 0 Å². The maximum Gasteiger partial charge on any atom is 0.0720 e. The van der Waals surface area contributed by atoms with Crippen molar-refractivity contribution in [3.63, 3.8) is 0 Å². The molecular formula is C11H22O. The summed E-state index contributed by atoms with van der Waals surface area (Å²) in [6, 6.07) is 0. The quantitative estimate of drug-likeness (QED) is 0.643. The summed E-state index contributed by atoms with van der Waals surface area (Å²) in [5.74, 6) is 0. The Bertz CT molecular complexity index is 130. The Labute approximate surface area is 76.5 Å². The molecule has 1 heteroatoms. The van der Waals surface area contributed by atoms with Gasteiger partial charge in [-0.15, -0.1) is 0 Å². The van der Waals surface area contributed by atoms with Gasteiger partial charge in [-0.1, -0.05) is 46.3 Å². The van der Waals surface area contributed by atoms with Crippen LogP contribution in [0.4, 0.5) is 0 Å². The van der Waals surface area contributed by atoms with E-state index in [4.69, 9.17) is 0 Å². The van der Waals surface area contributed by atoms with Crippen molar-refractivity contribution in [1.82, 2.24) is 0 Å². The number of rotatable bonds is 4. The van der Waals surface area contributed by atoms with Crippen molar-refractivity contribution in [2.24, 2.45) is 5.41 Å². The summed E-state index contributed by atoms with van der Waals surface area (Å²) in [5.41, 5.74) is 0.336. The number of aliphatic hydroxyl groups excluding tert-OH is 1. The first kappa shape index (κ1) is 11.7. The van der Waals surface area contributed by atoms with Gasteiger partial charge in [0.2, 0.25) is 0 Å². The second-order valence-electron chi connectivity index (χ2n) is 4.55. The summed E-state index contributed by atoms with van der Waals surface area (Å²) in [5, 5.41) is 9.36. The van der Waals surface area contributed by atoms with E-state index in [2.05, 4.69) is 33.8 Å². The monoisotopic (exact) mass is 170 g/mol. The van der Waals surface area contributed by atoms with E-state index in [0.29, 0.717) is 5.41 Å². The Balaban J connectivity index is 3.61. The molecule has 0 heterocycles. The van der Waals surface area contributed by atoms with Gasteiger partial charge in [0.05, 0.1) is 6.10 Å². The lowest BCUT2D eigenvalue weighted by atomic mass is 9.92. The minimum absolute atomic E-state index is 0.239. The smallest absolute Gasteiger partial charge is 0.0720 e. The SMILES string of the molecule is CCCC(O)/C=C/CC(C)(C)C. The molecule has 1 N–H and O–H groups in total. The summed E-state index contributed by atoms with van der Waals surface area (Å²) in [6.45, 7) is 8.68.